The van der Waals surface area contributed by atoms with Gasteiger partial charge in [0, 0.05) is 57.7 Å². The molecule has 2 atom stereocenters. The standard InChI is InChI=1S/C20H18BrP.C16H20F2N2O4.C15H17F2NO3.C15H17F2NO2.C14H15F2NO4.C14H15F2NO3.C4H8O.2CH4.Al.B.Li.H2.3H/c1-22(21)20(17-11-5-2-6-12-17,18-13-7-3-8-14-18)19-15-9-4-10-16-19;1-16(2,3)24-15(22)19-13(14(21)20(4)23-5)8-10-6-11(17)9-12(18)7-10;1-15(2,3)21-14(19)18-12(13-8-20-13)6-9-4-10(16)7-11(17)5-9;1-5-13(18-14(19)20-15(2,3)4)8-10-6-11(16)9-12(17)7-10;1-14(2,3)21-13(20)17-11(12(18)19)6-8-4-9(15)7-10(16)5-8;1-14(2,3)20-13(19)17-12(8-18)6-9-4-10(15)7-11(16)5-9;1-2-4-5-3-1;;;;;;;;;/h2-16H,1H3;6-9H,1-5H3,(H,19,22);4-7,13H,8H2,1-3H3,(H,18,19);5-9H,1H2,2-4H3,(H,18,19);4-7H,1-3H3,(H,17,20)(H,18,19);4-8H,1-3H3,(H,17,19);1-4H2;2*1H4;;;;1H;;;/q;;;;;;;;;;-1;+1;;;;/b;13-8+;12-6+;13-8+;11-6+;12-6+;;;;;;;;;;/t;;13-;;;;;;;;;;;;;/m..0............./s1/i;;;;;;;;;;;;1+1;;;. The Morgan fingerprint density at radius 2 is 0.696 bits per heavy atom. The van der Waals surface area contributed by atoms with Crippen molar-refractivity contribution < 1.29 is 146 Å². The fourth-order valence-corrected chi connectivity index (χ4v) is 14.4. The molecular weight excluding hydrogens is 1900 g/mol. The van der Waals surface area contributed by atoms with Gasteiger partial charge in [0.2, 0.25) is 0 Å². The van der Waals surface area contributed by atoms with Gasteiger partial charge < -0.3 is 46.7 Å². The van der Waals surface area contributed by atoms with Gasteiger partial charge >= 0.3 is 55.3 Å². The molecule has 0 spiro atoms. The number of carboxylic acid groups (broad SMARTS) is 1. The molecule has 744 valence electrons. The number of nitrogens with one attached hydrogen (secondary N) is 5. The molecule has 0 aromatic heterocycles. The summed E-state index contributed by atoms with van der Waals surface area (Å²) in [6.07, 6.45) is 6.03. The van der Waals surface area contributed by atoms with Crippen LogP contribution in [0.15, 0.2) is 223 Å². The largest absolute Gasteiger partial charge is 1.00 e. The number of nitrogens with zero attached hydrogens (tertiary/aromatic N) is 1. The SMILES string of the molecule is C.C.C1CCOC1.C=C/C(=C\c1cc(F)cc(F)c1)NC(=O)OC(C)(C)C.CC(C)(C)OC(=O)N/C(=C/c1cc(F)cc(F)c1)C(=O)O.CC(C)(C)OC(=O)N/C(=C/c1cc(F)cc(F)c1)[C@@H]1CO1.CC(C)(C)OC(=O)N/C(C=O)=C/c1cc(F)cc(F)c1.CON(C)C(=O)/C(=C\c1cc(F)cc(F)c1)NC(=O)OC(C)(C)C.CP(Br)C(c1ccccc1)(c1ccccc1)c1ccccc1.[2HH].[AlH3].[B-].[Li+]. The third-order valence-electron chi connectivity index (χ3n) is 16.1. The first-order valence-electron chi connectivity index (χ1n) is 40.7. The molecular formula is C100H123AlBBrF10LiN6O17P. The minimum atomic E-state index is -1.47. The van der Waals surface area contributed by atoms with Crippen molar-refractivity contribution in [2.24, 2.45) is 0 Å². The third-order valence-corrected chi connectivity index (χ3v) is 19.4. The zero-order valence-corrected chi connectivity index (χ0v) is 80.8. The van der Waals surface area contributed by atoms with Crippen molar-refractivity contribution >= 4 is 127 Å². The van der Waals surface area contributed by atoms with Crippen LogP contribution in [0.2, 0.25) is 0 Å². The number of carbonyl (C=O) groups is 8. The number of hydrogen-bond acceptors (Lipinski definition) is 16. The molecule has 8 aromatic carbocycles. The van der Waals surface area contributed by atoms with Gasteiger partial charge in [-0.25, -0.2) is 77.7 Å². The molecule has 2 fully saturated rings. The van der Waals surface area contributed by atoms with Crippen molar-refractivity contribution in [2.75, 3.05) is 40.6 Å². The summed E-state index contributed by atoms with van der Waals surface area (Å²) >= 11 is 3.97. The van der Waals surface area contributed by atoms with Crippen LogP contribution in [0.5, 0.6) is 0 Å². The van der Waals surface area contributed by atoms with E-state index in [2.05, 4.69) is 141 Å². The van der Waals surface area contributed by atoms with Crippen molar-refractivity contribution in [3.8, 4) is 0 Å². The molecule has 23 nitrogen and oxygen atoms in total. The van der Waals surface area contributed by atoms with Crippen LogP contribution in [-0.2, 0) is 57.5 Å². The molecule has 10 rings (SSSR count). The molecule has 6 amide bonds. The molecule has 2 aliphatic heterocycles. The summed E-state index contributed by atoms with van der Waals surface area (Å²) in [4.78, 5) is 97.1. The maximum absolute atomic E-state index is 13.3. The Labute approximate surface area is 836 Å². The monoisotopic (exact) mass is 2030 g/mol. The van der Waals surface area contributed by atoms with E-state index in [1.807, 2.05) is 5.32 Å². The van der Waals surface area contributed by atoms with Gasteiger partial charge in [-0.3, -0.25) is 41.0 Å². The smallest absolute Gasteiger partial charge is 1.00 e. The first kappa shape index (κ1) is 128. The number of aliphatic carboxylic acids is 1. The Morgan fingerprint density at radius 3 is 0.942 bits per heavy atom. The van der Waals surface area contributed by atoms with Gasteiger partial charge in [0.05, 0.1) is 30.3 Å². The van der Waals surface area contributed by atoms with E-state index in [-0.39, 0.29) is 112 Å². The van der Waals surface area contributed by atoms with Crippen molar-refractivity contribution in [1.82, 2.24) is 31.6 Å². The minimum absolute atomic E-state index is 0. The van der Waals surface area contributed by atoms with E-state index in [4.69, 9.17) is 43.1 Å². The van der Waals surface area contributed by atoms with E-state index >= 15 is 0 Å². The van der Waals surface area contributed by atoms with Crippen LogP contribution < -0.4 is 45.4 Å². The molecule has 6 N–H and O–H groups in total. The van der Waals surface area contributed by atoms with Crippen molar-refractivity contribution in [3.63, 3.8) is 0 Å². The molecule has 2 heterocycles. The van der Waals surface area contributed by atoms with Crippen LogP contribution in [0.1, 0.15) is 177 Å². The number of carbonyl (C=O) groups excluding carboxylic acids is 7. The van der Waals surface area contributed by atoms with Crippen LogP contribution in [0.3, 0.4) is 0 Å². The van der Waals surface area contributed by atoms with Crippen molar-refractivity contribution in [2.45, 2.75) is 171 Å². The second-order valence-corrected chi connectivity index (χ2v) is 38.4. The van der Waals surface area contributed by atoms with Crippen LogP contribution in [-0.4, -0.2) is 159 Å². The zero-order valence-electron chi connectivity index (χ0n) is 78.3. The fraction of sp³-hybridized carbons (Fsp3) is 0.320. The maximum Gasteiger partial charge on any atom is 1.00 e. The van der Waals surface area contributed by atoms with Gasteiger partial charge in [0.1, 0.15) is 104 Å². The van der Waals surface area contributed by atoms with Crippen molar-refractivity contribution in [3.05, 3.63) is 326 Å². The number of allylic oxidation sites excluding steroid dienone is 2. The number of halogens is 11. The molecule has 4 radical (unpaired) electrons. The number of ether oxygens (including phenoxy) is 7. The van der Waals surface area contributed by atoms with E-state index in [1.165, 1.54) is 74.1 Å². The molecule has 2 saturated heterocycles. The third kappa shape index (κ3) is 51.7. The topological polar surface area (TPSA) is 297 Å². The first-order valence-corrected chi connectivity index (χ1v) is 44.5. The number of rotatable bonds is 20. The Kier molecular flexibility index (Phi) is 56.8. The van der Waals surface area contributed by atoms with Gasteiger partial charge in [-0.15, -0.1) is 0 Å². The zero-order chi connectivity index (χ0) is 99.9. The average molecular weight is 2030 g/mol. The summed E-state index contributed by atoms with van der Waals surface area (Å²) in [5.41, 5.74) is 0.814. The van der Waals surface area contributed by atoms with Crippen LogP contribution in [0.25, 0.3) is 30.4 Å². The number of benzene rings is 8. The van der Waals surface area contributed by atoms with E-state index < -0.39 is 141 Å². The number of hydrogen-bond donors (Lipinski definition) is 6. The molecule has 0 saturated carbocycles. The summed E-state index contributed by atoms with van der Waals surface area (Å²) in [5, 5.41) is 21.2. The van der Waals surface area contributed by atoms with E-state index in [0.717, 1.165) is 97.2 Å². The number of carboxylic acids is 1. The molecule has 8 aromatic rings. The van der Waals surface area contributed by atoms with Crippen molar-refractivity contribution in [1.29, 1.82) is 0 Å². The van der Waals surface area contributed by atoms with E-state index in [1.54, 1.807) is 104 Å². The average Bonchev–Trinajstić information content (AvgIpc) is 0.921. The fourth-order valence-electron chi connectivity index (χ4n) is 11.1. The number of amides is 6. The van der Waals surface area contributed by atoms with Crippen LogP contribution in [0, 0.1) is 58.2 Å². The Bertz CT molecular complexity index is 5150. The summed E-state index contributed by atoms with van der Waals surface area (Å²) in [7, 11) is 2.57. The van der Waals surface area contributed by atoms with E-state index in [9.17, 15) is 82.3 Å². The van der Waals surface area contributed by atoms with Gasteiger partial charge in [0.25, 0.3) is 5.91 Å². The molecule has 0 bridgehead atoms. The normalized spacial score (nSPS) is 13.1. The van der Waals surface area contributed by atoms with Gasteiger partial charge in [0.15, 0.2) is 23.6 Å². The Balaban J connectivity index is -0.00000157. The minimum Gasteiger partial charge on any atom is -1.00 e. The van der Waals surface area contributed by atoms with Gasteiger partial charge in [-0.1, -0.05) is 128 Å². The quantitative estimate of drug-likeness (QED) is 0.00395. The predicted molar refractivity (Wildman–Crippen MR) is 524 cm³/mol. The number of epoxide rings is 1. The Morgan fingerprint density at radius 1 is 0.442 bits per heavy atom. The molecule has 138 heavy (non-hydrogen) atoms. The predicted octanol–water partition coefficient (Wildman–Crippen LogP) is 20.2. The van der Waals surface area contributed by atoms with Gasteiger partial charge in [-0.05, 0) is 272 Å². The van der Waals surface area contributed by atoms with Gasteiger partial charge in [-0.2, -0.15) is 0 Å². The maximum atomic E-state index is 13.3. The Hall–Kier alpha value is -11.6. The summed E-state index contributed by atoms with van der Waals surface area (Å²) in [6, 6.07) is 46.6. The summed E-state index contributed by atoms with van der Waals surface area (Å²) < 4.78 is 166. The number of alkyl carbamates (subject to hydrolysis) is 5. The molecule has 2 aliphatic rings. The van der Waals surface area contributed by atoms with Crippen LogP contribution >= 0.6 is 22.1 Å². The van der Waals surface area contributed by atoms with E-state index in [0.29, 0.717) is 42.4 Å². The number of hydroxylamine groups is 2. The number of aldehydes is 1. The molecule has 0 aliphatic carbocycles. The molecule has 38 heteroatoms. The number of likely N-dealkylation sites (N-methyl/N-ethyl adjacent to an activating group) is 1. The first-order chi connectivity index (χ1) is 61.9. The summed E-state index contributed by atoms with van der Waals surface area (Å²) in [5.74, 6) is -9.86. The second-order valence-electron chi connectivity index (χ2n) is 33.6. The van der Waals surface area contributed by atoms with Crippen LogP contribution in [0.4, 0.5) is 67.9 Å². The molecule has 1 unspecified atom stereocenters. The summed E-state index contributed by atoms with van der Waals surface area (Å²) in [6.45, 7) is 33.0. The second kappa shape index (κ2) is 61.0.